The third kappa shape index (κ3) is 3.41. The number of hydrogen-bond acceptors (Lipinski definition) is 4. The van der Waals surface area contributed by atoms with Gasteiger partial charge in [0.2, 0.25) is 11.7 Å². The molecule has 2 heterocycles. The van der Waals surface area contributed by atoms with Crippen LogP contribution in [0.15, 0.2) is 29.3 Å². The second kappa shape index (κ2) is 7.02. The van der Waals surface area contributed by atoms with Crippen LogP contribution in [-0.4, -0.2) is 53.9 Å². The number of Topliss-reactive ketones (excluding diaryl/α,β-unsaturated/α-hetero) is 1. The number of fused-ring (bicyclic) bond motifs is 1. The highest BCUT2D eigenvalue weighted by Crippen LogP contribution is 2.30. The lowest BCUT2D eigenvalue weighted by Crippen LogP contribution is -2.48. The molecule has 0 saturated carbocycles. The van der Waals surface area contributed by atoms with Gasteiger partial charge in [0, 0.05) is 25.7 Å². The summed E-state index contributed by atoms with van der Waals surface area (Å²) < 4.78 is 0. The molecule has 3 rings (SSSR count). The fourth-order valence-electron chi connectivity index (χ4n) is 3.76. The molecule has 6 nitrogen and oxygen atoms in total. The first-order chi connectivity index (χ1) is 12.3. The summed E-state index contributed by atoms with van der Waals surface area (Å²) in [6.07, 6.45) is 2.56. The van der Waals surface area contributed by atoms with E-state index in [4.69, 9.17) is 4.99 Å². The molecule has 2 amide bonds. The highest BCUT2D eigenvalue weighted by atomic mass is 16.2. The number of rotatable bonds is 4. The summed E-state index contributed by atoms with van der Waals surface area (Å²) in [5, 5.41) is 2.36. The number of nitrogens with zero attached hydrogens (tertiary/aromatic N) is 2. The van der Waals surface area contributed by atoms with Crippen molar-refractivity contribution >= 4 is 23.3 Å². The maximum atomic E-state index is 13.2. The van der Waals surface area contributed by atoms with E-state index < -0.39 is 23.1 Å². The van der Waals surface area contributed by atoms with Crippen molar-refractivity contribution < 1.29 is 14.4 Å². The maximum Gasteiger partial charge on any atom is 0.288 e. The summed E-state index contributed by atoms with van der Waals surface area (Å²) in [5.41, 5.74) is 1.83. The van der Waals surface area contributed by atoms with Crippen molar-refractivity contribution in [2.45, 2.75) is 38.6 Å². The zero-order valence-corrected chi connectivity index (χ0v) is 15.5. The largest absolute Gasteiger partial charge is 0.353 e. The van der Waals surface area contributed by atoms with E-state index in [1.165, 1.54) is 7.05 Å². The highest BCUT2D eigenvalue weighted by molar-refractivity contribution is 6.47. The summed E-state index contributed by atoms with van der Waals surface area (Å²) in [6.45, 7) is 5.19. The average Bonchev–Trinajstić information content (AvgIpc) is 3.14. The zero-order chi connectivity index (χ0) is 18.9. The van der Waals surface area contributed by atoms with E-state index >= 15 is 0 Å². The molecule has 1 unspecified atom stereocenters. The van der Waals surface area contributed by atoms with Crippen LogP contribution in [0.2, 0.25) is 0 Å². The van der Waals surface area contributed by atoms with Crippen molar-refractivity contribution in [1.29, 1.82) is 0 Å². The molecule has 1 aromatic carbocycles. The average molecular weight is 355 g/mol. The van der Waals surface area contributed by atoms with Crippen molar-refractivity contribution in [3.05, 3.63) is 35.4 Å². The summed E-state index contributed by atoms with van der Waals surface area (Å²) in [7, 11) is 1.40. The third-order valence-electron chi connectivity index (χ3n) is 4.99. The second-order valence-corrected chi connectivity index (χ2v) is 7.55. The van der Waals surface area contributed by atoms with E-state index in [1.807, 2.05) is 38.1 Å². The number of carbonyl (C=O) groups excluding carboxylic acids is 3. The second-order valence-electron chi connectivity index (χ2n) is 7.55. The standard InChI is InChI=1S/C20H25N3O3/c1-20(2)12-13-8-4-5-9-14(13)16(22-20)15(17(24)18(25)21-3)19(26)23-10-6-7-11-23/h4-5,8-9,15H,6-7,10-12H2,1-3H3,(H,21,25). The Balaban J connectivity index is 2.10. The molecule has 0 aromatic heterocycles. The number of aliphatic imine (C=N–C) groups is 1. The number of likely N-dealkylation sites (tertiary alicyclic amines) is 1. The van der Waals surface area contributed by atoms with Gasteiger partial charge in [0.1, 0.15) is 5.92 Å². The van der Waals surface area contributed by atoms with Crippen LogP contribution in [-0.2, 0) is 20.8 Å². The van der Waals surface area contributed by atoms with Gasteiger partial charge >= 0.3 is 0 Å². The summed E-state index contributed by atoms with van der Waals surface area (Å²) >= 11 is 0. The molecule has 2 aliphatic heterocycles. The van der Waals surface area contributed by atoms with Crippen LogP contribution >= 0.6 is 0 Å². The predicted molar refractivity (Wildman–Crippen MR) is 99.1 cm³/mol. The van der Waals surface area contributed by atoms with Gasteiger partial charge in [-0.25, -0.2) is 0 Å². The van der Waals surface area contributed by atoms with Gasteiger partial charge in [-0.05, 0) is 38.7 Å². The molecule has 26 heavy (non-hydrogen) atoms. The number of carbonyl (C=O) groups is 3. The Morgan fingerprint density at radius 2 is 1.81 bits per heavy atom. The molecule has 1 aromatic rings. The van der Waals surface area contributed by atoms with Crippen LogP contribution in [0.4, 0.5) is 0 Å². The van der Waals surface area contributed by atoms with Crippen molar-refractivity contribution in [1.82, 2.24) is 10.2 Å². The Morgan fingerprint density at radius 1 is 1.15 bits per heavy atom. The minimum atomic E-state index is -1.19. The number of likely N-dealkylation sites (N-methyl/N-ethyl adjacent to an activating group) is 1. The molecule has 1 N–H and O–H groups in total. The summed E-state index contributed by atoms with van der Waals surface area (Å²) in [5.74, 6) is -3.00. The molecule has 1 atom stereocenters. The number of nitrogens with one attached hydrogen (secondary N) is 1. The van der Waals surface area contributed by atoms with Crippen molar-refractivity contribution in [3.63, 3.8) is 0 Å². The molecule has 1 saturated heterocycles. The molecular formula is C20H25N3O3. The molecule has 2 aliphatic rings. The quantitative estimate of drug-likeness (QED) is 0.654. The lowest BCUT2D eigenvalue weighted by atomic mass is 9.81. The van der Waals surface area contributed by atoms with Crippen molar-refractivity contribution in [3.8, 4) is 0 Å². The highest BCUT2D eigenvalue weighted by Gasteiger charge is 2.42. The number of benzene rings is 1. The van der Waals surface area contributed by atoms with E-state index in [1.54, 1.807) is 4.90 Å². The van der Waals surface area contributed by atoms with Gasteiger partial charge in [-0.2, -0.15) is 0 Å². The van der Waals surface area contributed by atoms with E-state index in [0.29, 0.717) is 18.8 Å². The van der Waals surface area contributed by atoms with E-state index in [9.17, 15) is 14.4 Å². The van der Waals surface area contributed by atoms with Gasteiger partial charge in [-0.3, -0.25) is 19.4 Å². The van der Waals surface area contributed by atoms with Gasteiger partial charge in [-0.1, -0.05) is 24.3 Å². The Bertz CT molecular complexity index is 776. The number of ketones is 1. The van der Waals surface area contributed by atoms with E-state index in [0.717, 1.165) is 30.4 Å². The van der Waals surface area contributed by atoms with Crippen LogP contribution in [0, 0.1) is 5.92 Å². The first kappa shape index (κ1) is 18.3. The van der Waals surface area contributed by atoms with Gasteiger partial charge in [0.25, 0.3) is 5.91 Å². The summed E-state index contributed by atoms with van der Waals surface area (Å²) in [6, 6.07) is 7.68. The Morgan fingerprint density at radius 3 is 2.46 bits per heavy atom. The molecule has 0 bridgehead atoms. The molecule has 0 spiro atoms. The van der Waals surface area contributed by atoms with E-state index in [-0.39, 0.29) is 5.91 Å². The molecule has 0 radical (unpaired) electrons. The normalized spacial score (nSPS) is 19.3. The van der Waals surface area contributed by atoms with Crippen LogP contribution < -0.4 is 5.32 Å². The Kier molecular flexibility index (Phi) is 4.94. The minimum Gasteiger partial charge on any atom is -0.353 e. The Labute approximate surface area is 153 Å². The molecule has 1 fully saturated rings. The van der Waals surface area contributed by atoms with E-state index in [2.05, 4.69) is 5.32 Å². The Hall–Kier alpha value is -2.50. The fraction of sp³-hybridized carbons (Fsp3) is 0.500. The van der Waals surface area contributed by atoms with Gasteiger partial charge in [-0.15, -0.1) is 0 Å². The number of hydrogen-bond donors (Lipinski definition) is 1. The first-order valence-electron chi connectivity index (χ1n) is 9.07. The topological polar surface area (TPSA) is 78.8 Å². The van der Waals surface area contributed by atoms with Crippen LogP contribution in [0.5, 0.6) is 0 Å². The lowest BCUT2D eigenvalue weighted by Gasteiger charge is -2.32. The molecule has 0 aliphatic carbocycles. The van der Waals surface area contributed by atoms with Gasteiger partial charge in [0.05, 0.1) is 11.3 Å². The summed E-state index contributed by atoms with van der Waals surface area (Å²) in [4.78, 5) is 44.6. The van der Waals surface area contributed by atoms with Crippen LogP contribution in [0.1, 0.15) is 37.8 Å². The SMILES string of the molecule is CNC(=O)C(=O)C(C(=O)N1CCCC1)C1=NC(C)(C)Cc2ccccc21. The smallest absolute Gasteiger partial charge is 0.288 e. The molecule has 6 heteroatoms. The fourth-order valence-corrected chi connectivity index (χ4v) is 3.76. The third-order valence-corrected chi connectivity index (χ3v) is 4.99. The van der Waals surface area contributed by atoms with Crippen molar-refractivity contribution in [2.24, 2.45) is 10.9 Å². The first-order valence-corrected chi connectivity index (χ1v) is 9.07. The van der Waals surface area contributed by atoms with Gasteiger partial charge < -0.3 is 10.2 Å². The van der Waals surface area contributed by atoms with Crippen molar-refractivity contribution in [2.75, 3.05) is 20.1 Å². The van der Waals surface area contributed by atoms with Crippen LogP contribution in [0.3, 0.4) is 0 Å². The number of amides is 2. The molecular weight excluding hydrogens is 330 g/mol. The minimum absolute atomic E-state index is 0.317. The molecule has 138 valence electrons. The maximum absolute atomic E-state index is 13.2. The van der Waals surface area contributed by atoms with Gasteiger partial charge in [0.15, 0.2) is 0 Å². The zero-order valence-electron chi connectivity index (χ0n) is 15.5. The van der Waals surface area contributed by atoms with Crippen LogP contribution in [0.25, 0.3) is 0 Å². The predicted octanol–water partition coefficient (Wildman–Crippen LogP) is 1.36. The lowest BCUT2D eigenvalue weighted by molar-refractivity contribution is -0.144. The monoisotopic (exact) mass is 355 g/mol.